The molecule has 0 aromatic heterocycles. The first-order chi connectivity index (χ1) is 7.61. The summed E-state index contributed by atoms with van der Waals surface area (Å²) >= 11 is 0. The number of carbonyl (C=O) groups is 1. The Morgan fingerprint density at radius 1 is 1.06 bits per heavy atom. The molecule has 1 N–H and O–H groups in total. The third-order valence-corrected chi connectivity index (χ3v) is 3.21. The number of carbonyl (C=O) groups excluding carboxylic acids is 1. The molecule has 16 heavy (non-hydrogen) atoms. The van der Waals surface area contributed by atoms with Gasteiger partial charge in [0.15, 0.2) is 0 Å². The molecule has 0 fully saturated rings. The van der Waals surface area contributed by atoms with E-state index in [9.17, 15) is 4.79 Å². The zero-order valence-electron chi connectivity index (χ0n) is 11.5. The van der Waals surface area contributed by atoms with Gasteiger partial charge in [-0.2, -0.15) is 0 Å². The van der Waals surface area contributed by atoms with Crippen molar-refractivity contribution < 1.29 is 4.79 Å². The quantitative estimate of drug-likeness (QED) is 0.595. The highest BCUT2D eigenvalue weighted by Gasteiger charge is 2.16. The van der Waals surface area contributed by atoms with Crippen molar-refractivity contribution >= 4 is 5.91 Å². The predicted octanol–water partition coefficient (Wildman–Crippen LogP) is 3.90. The highest BCUT2D eigenvalue weighted by Crippen LogP contribution is 2.17. The molecule has 0 heterocycles. The Kier molecular flexibility index (Phi) is 9.36. The second kappa shape index (κ2) is 9.68. The lowest BCUT2D eigenvalue weighted by molar-refractivity contribution is -0.120. The lowest BCUT2D eigenvalue weighted by atomic mass is 9.91. The van der Waals surface area contributed by atoms with Gasteiger partial charge in [-0.05, 0) is 18.8 Å². The molecule has 0 aromatic rings. The Morgan fingerprint density at radius 3 is 2.19 bits per heavy atom. The maximum atomic E-state index is 11.1. The van der Waals surface area contributed by atoms with Crippen LogP contribution in [-0.4, -0.2) is 11.9 Å². The molecule has 0 saturated carbocycles. The number of nitrogens with one attached hydrogen (secondary N) is 1. The Morgan fingerprint density at radius 2 is 1.69 bits per heavy atom. The van der Waals surface area contributed by atoms with E-state index in [1.807, 2.05) is 0 Å². The highest BCUT2D eigenvalue weighted by atomic mass is 16.1. The normalized spacial score (nSPS) is 14.5. The Bertz CT molecular complexity index is 180. The van der Waals surface area contributed by atoms with Gasteiger partial charge < -0.3 is 5.32 Å². The van der Waals surface area contributed by atoms with E-state index in [0.29, 0.717) is 12.0 Å². The fourth-order valence-electron chi connectivity index (χ4n) is 2.10. The van der Waals surface area contributed by atoms with Crippen LogP contribution >= 0.6 is 0 Å². The molecule has 1 amide bonds. The van der Waals surface area contributed by atoms with E-state index in [4.69, 9.17) is 0 Å². The molecule has 2 nitrogen and oxygen atoms in total. The van der Waals surface area contributed by atoms with Crippen LogP contribution in [-0.2, 0) is 4.79 Å². The minimum absolute atomic E-state index is 0.114. The van der Waals surface area contributed by atoms with Gasteiger partial charge in [0.05, 0.1) is 0 Å². The SMILES string of the molecule is CCCCCC(C)C(CCCC)NC(C)=O. The predicted molar refractivity (Wildman–Crippen MR) is 70.4 cm³/mol. The van der Waals surface area contributed by atoms with Crippen molar-refractivity contribution in [3.8, 4) is 0 Å². The van der Waals surface area contributed by atoms with Gasteiger partial charge in [0.25, 0.3) is 0 Å². The topological polar surface area (TPSA) is 29.1 Å². The molecule has 2 atom stereocenters. The van der Waals surface area contributed by atoms with Crippen LogP contribution in [0.5, 0.6) is 0 Å². The van der Waals surface area contributed by atoms with E-state index < -0.39 is 0 Å². The van der Waals surface area contributed by atoms with Gasteiger partial charge in [-0.3, -0.25) is 4.79 Å². The average Bonchev–Trinajstić information content (AvgIpc) is 2.23. The molecule has 2 heteroatoms. The van der Waals surface area contributed by atoms with Crippen LogP contribution in [0.3, 0.4) is 0 Å². The number of rotatable bonds is 9. The molecule has 0 aliphatic carbocycles. The first kappa shape index (κ1) is 15.5. The molecule has 0 spiro atoms. The molecule has 0 radical (unpaired) electrons. The molecule has 0 saturated heterocycles. The molecular formula is C14H29NO. The van der Waals surface area contributed by atoms with Crippen LogP contribution in [0.4, 0.5) is 0 Å². The van der Waals surface area contributed by atoms with E-state index in [-0.39, 0.29) is 5.91 Å². The van der Waals surface area contributed by atoms with Crippen LogP contribution in [0.2, 0.25) is 0 Å². The monoisotopic (exact) mass is 227 g/mol. The van der Waals surface area contributed by atoms with Gasteiger partial charge >= 0.3 is 0 Å². The van der Waals surface area contributed by atoms with Gasteiger partial charge in [-0.1, -0.05) is 52.9 Å². The number of amides is 1. The standard InChI is InChI=1S/C14H29NO/c1-5-7-9-10-12(3)14(11-8-6-2)15-13(4)16/h12,14H,5-11H2,1-4H3,(H,15,16). The zero-order chi connectivity index (χ0) is 12.4. The summed E-state index contributed by atoms with van der Waals surface area (Å²) in [7, 11) is 0. The van der Waals surface area contributed by atoms with Crippen molar-refractivity contribution in [3.05, 3.63) is 0 Å². The molecule has 96 valence electrons. The number of unbranched alkanes of at least 4 members (excludes halogenated alkanes) is 3. The van der Waals surface area contributed by atoms with Crippen molar-refractivity contribution in [2.24, 2.45) is 5.92 Å². The first-order valence-electron chi connectivity index (χ1n) is 6.88. The second-order valence-electron chi connectivity index (χ2n) is 4.92. The summed E-state index contributed by atoms with van der Waals surface area (Å²) in [4.78, 5) is 11.1. The minimum Gasteiger partial charge on any atom is -0.353 e. The van der Waals surface area contributed by atoms with Gasteiger partial charge in [0, 0.05) is 13.0 Å². The molecule has 0 rings (SSSR count). The van der Waals surface area contributed by atoms with Gasteiger partial charge in [-0.25, -0.2) is 0 Å². The average molecular weight is 227 g/mol. The van der Waals surface area contributed by atoms with Gasteiger partial charge in [0.2, 0.25) is 5.91 Å². The lowest BCUT2D eigenvalue weighted by Gasteiger charge is -2.24. The fourth-order valence-corrected chi connectivity index (χ4v) is 2.10. The fraction of sp³-hybridized carbons (Fsp3) is 0.929. The maximum Gasteiger partial charge on any atom is 0.217 e. The summed E-state index contributed by atoms with van der Waals surface area (Å²) in [6, 6.07) is 0.384. The molecular weight excluding hydrogens is 198 g/mol. The summed E-state index contributed by atoms with van der Waals surface area (Å²) < 4.78 is 0. The zero-order valence-corrected chi connectivity index (χ0v) is 11.5. The highest BCUT2D eigenvalue weighted by molar-refractivity contribution is 5.73. The van der Waals surface area contributed by atoms with Crippen molar-refractivity contribution in [1.82, 2.24) is 5.32 Å². The van der Waals surface area contributed by atoms with Gasteiger partial charge in [-0.15, -0.1) is 0 Å². The lowest BCUT2D eigenvalue weighted by Crippen LogP contribution is -2.38. The van der Waals surface area contributed by atoms with Crippen LogP contribution in [0, 0.1) is 5.92 Å². The molecule has 0 aromatic carbocycles. The number of hydrogen-bond donors (Lipinski definition) is 1. The summed E-state index contributed by atoms with van der Waals surface area (Å²) in [5, 5.41) is 3.10. The van der Waals surface area contributed by atoms with Crippen molar-refractivity contribution in [1.29, 1.82) is 0 Å². The van der Waals surface area contributed by atoms with E-state index in [1.165, 1.54) is 38.5 Å². The molecule has 0 bridgehead atoms. The van der Waals surface area contributed by atoms with E-state index in [1.54, 1.807) is 6.92 Å². The maximum absolute atomic E-state index is 11.1. The summed E-state index contributed by atoms with van der Waals surface area (Å²) in [6.45, 7) is 8.32. The second-order valence-corrected chi connectivity index (χ2v) is 4.92. The number of hydrogen-bond acceptors (Lipinski definition) is 1. The summed E-state index contributed by atoms with van der Waals surface area (Å²) in [5.74, 6) is 0.727. The van der Waals surface area contributed by atoms with E-state index in [2.05, 4.69) is 26.1 Å². The van der Waals surface area contributed by atoms with Crippen LogP contribution in [0.1, 0.15) is 72.6 Å². The Hall–Kier alpha value is -0.530. The van der Waals surface area contributed by atoms with Crippen LogP contribution in [0.15, 0.2) is 0 Å². The van der Waals surface area contributed by atoms with Crippen LogP contribution < -0.4 is 5.32 Å². The molecule has 2 unspecified atom stereocenters. The minimum atomic E-state index is 0.114. The van der Waals surface area contributed by atoms with Crippen molar-refractivity contribution in [2.75, 3.05) is 0 Å². The van der Waals surface area contributed by atoms with Crippen LogP contribution in [0.25, 0.3) is 0 Å². The third-order valence-electron chi connectivity index (χ3n) is 3.21. The molecule has 0 aliphatic heterocycles. The van der Waals surface area contributed by atoms with Crippen molar-refractivity contribution in [3.63, 3.8) is 0 Å². The summed E-state index contributed by atoms with van der Waals surface area (Å²) in [6.07, 6.45) is 8.66. The van der Waals surface area contributed by atoms with E-state index >= 15 is 0 Å². The smallest absolute Gasteiger partial charge is 0.217 e. The van der Waals surface area contributed by atoms with Crippen molar-refractivity contribution in [2.45, 2.75) is 78.7 Å². The largest absolute Gasteiger partial charge is 0.353 e. The van der Waals surface area contributed by atoms with Gasteiger partial charge in [0.1, 0.15) is 0 Å². The third kappa shape index (κ3) is 7.72. The Balaban J connectivity index is 3.98. The molecule has 0 aliphatic rings. The Labute approximate surface area is 101 Å². The van der Waals surface area contributed by atoms with E-state index in [0.717, 1.165) is 6.42 Å². The first-order valence-corrected chi connectivity index (χ1v) is 6.88. The summed E-state index contributed by atoms with van der Waals surface area (Å²) in [5.41, 5.74) is 0.